The maximum Gasteiger partial charge on any atom is 0.413 e. The van der Waals surface area contributed by atoms with E-state index in [9.17, 15) is 9.59 Å². The smallest absolute Gasteiger partial charge is 0.413 e. The normalized spacial score (nSPS) is 18.2. The van der Waals surface area contributed by atoms with Gasteiger partial charge in [0.25, 0.3) is 0 Å². The van der Waals surface area contributed by atoms with Crippen molar-refractivity contribution in [1.82, 2.24) is 9.80 Å². The molecule has 0 saturated carbocycles. The van der Waals surface area contributed by atoms with Crippen molar-refractivity contribution in [3.05, 3.63) is 71.8 Å². The van der Waals surface area contributed by atoms with Crippen molar-refractivity contribution in [3.63, 3.8) is 0 Å². The largest absolute Gasteiger partial charge is 0.466 e. The number of ether oxygens (including phenoxy) is 3. The number of esters is 1. The number of hydrogen-bond donors (Lipinski definition) is 0. The van der Waals surface area contributed by atoms with Crippen molar-refractivity contribution < 1.29 is 23.8 Å². The summed E-state index contributed by atoms with van der Waals surface area (Å²) in [6, 6.07) is 19.7. The topological polar surface area (TPSA) is 68.3 Å². The lowest BCUT2D eigenvalue weighted by molar-refractivity contribution is -0.159. The Balaban J connectivity index is 1.98. The maximum atomic E-state index is 13.6. The van der Waals surface area contributed by atoms with E-state index in [1.54, 1.807) is 4.90 Å². The molecule has 2 aromatic rings. The molecule has 0 bridgehead atoms. The SMILES string of the molecule is COC(=O)[C@@H](OC(=O)N1C(C)(C)COC1(C)C)[C@H](C(C)C)N(Cc1ccccc1)Cc1ccccc1. The van der Waals surface area contributed by atoms with Gasteiger partial charge >= 0.3 is 12.1 Å². The first-order chi connectivity index (χ1) is 17.0. The van der Waals surface area contributed by atoms with E-state index in [0.717, 1.165) is 11.1 Å². The lowest BCUT2D eigenvalue weighted by Gasteiger charge is -2.41. The molecule has 7 heteroatoms. The van der Waals surface area contributed by atoms with Gasteiger partial charge in [-0.1, -0.05) is 74.5 Å². The summed E-state index contributed by atoms with van der Waals surface area (Å²) in [5.74, 6) is -0.603. The quantitative estimate of drug-likeness (QED) is 0.443. The van der Waals surface area contributed by atoms with E-state index in [4.69, 9.17) is 14.2 Å². The Morgan fingerprint density at radius 2 is 1.44 bits per heavy atom. The van der Waals surface area contributed by atoms with Crippen LogP contribution in [0.1, 0.15) is 52.7 Å². The summed E-state index contributed by atoms with van der Waals surface area (Å²) in [4.78, 5) is 30.5. The Hall–Kier alpha value is -2.90. The monoisotopic (exact) mass is 496 g/mol. The zero-order valence-corrected chi connectivity index (χ0v) is 22.6. The predicted octanol–water partition coefficient (Wildman–Crippen LogP) is 5.24. The molecule has 1 heterocycles. The third-order valence-electron chi connectivity index (χ3n) is 6.64. The van der Waals surface area contributed by atoms with Crippen LogP contribution in [0.3, 0.4) is 0 Å². The molecule has 0 radical (unpaired) electrons. The summed E-state index contributed by atoms with van der Waals surface area (Å²) in [6.07, 6.45) is -1.72. The second kappa shape index (κ2) is 11.4. The van der Waals surface area contributed by atoms with Crippen LogP contribution in [0.15, 0.2) is 60.7 Å². The highest BCUT2D eigenvalue weighted by atomic mass is 16.6. The van der Waals surface area contributed by atoms with Crippen LogP contribution in [0.2, 0.25) is 0 Å². The van der Waals surface area contributed by atoms with Gasteiger partial charge in [0.15, 0.2) is 0 Å². The molecule has 2 atom stereocenters. The number of rotatable bonds is 9. The highest BCUT2D eigenvalue weighted by Gasteiger charge is 2.51. The molecule has 196 valence electrons. The van der Waals surface area contributed by atoms with Gasteiger partial charge in [0.2, 0.25) is 6.10 Å². The van der Waals surface area contributed by atoms with E-state index in [0.29, 0.717) is 19.7 Å². The van der Waals surface area contributed by atoms with Crippen molar-refractivity contribution in [1.29, 1.82) is 0 Å². The average molecular weight is 497 g/mol. The molecule has 7 nitrogen and oxygen atoms in total. The molecule has 36 heavy (non-hydrogen) atoms. The zero-order chi connectivity index (χ0) is 26.5. The second-order valence-corrected chi connectivity index (χ2v) is 10.8. The van der Waals surface area contributed by atoms with Gasteiger partial charge in [-0.15, -0.1) is 0 Å². The fourth-order valence-corrected chi connectivity index (χ4v) is 5.08. The van der Waals surface area contributed by atoms with Crippen LogP contribution in [0.5, 0.6) is 0 Å². The molecule has 0 unspecified atom stereocenters. The molecule has 0 spiro atoms. The Bertz CT molecular complexity index is 949. The minimum Gasteiger partial charge on any atom is -0.466 e. The van der Waals surface area contributed by atoms with E-state index in [2.05, 4.69) is 29.2 Å². The van der Waals surface area contributed by atoms with Crippen LogP contribution in [0, 0.1) is 5.92 Å². The minimum absolute atomic E-state index is 0.0230. The van der Waals surface area contributed by atoms with E-state index in [-0.39, 0.29) is 5.92 Å². The molecular formula is C29H40N2O5. The van der Waals surface area contributed by atoms with Crippen molar-refractivity contribution in [2.24, 2.45) is 5.92 Å². The Morgan fingerprint density at radius 3 is 1.83 bits per heavy atom. The number of benzene rings is 2. The van der Waals surface area contributed by atoms with Gasteiger partial charge < -0.3 is 14.2 Å². The summed E-state index contributed by atoms with van der Waals surface area (Å²) < 4.78 is 17.1. The van der Waals surface area contributed by atoms with Gasteiger partial charge in [0, 0.05) is 13.1 Å². The molecule has 1 saturated heterocycles. The lowest BCUT2D eigenvalue weighted by atomic mass is 9.94. The van der Waals surface area contributed by atoms with Crippen LogP contribution < -0.4 is 0 Å². The first-order valence-electron chi connectivity index (χ1n) is 12.5. The van der Waals surface area contributed by atoms with Crippen LogP contribution in [-0.4, -0.2) is 59.0 Å². The standard InChI is InChI=1S/C29H40N2O5/c1-21(2)24(30(18-22-14-10-8-11-15-22)19-23-16-12-9-13-17-23)25(26(32)34-7)36-27(33)31-28(3,4)20-35-29(31,5)6/h8-17,21,24-25H,18-20H2,1-7H3/t24-,25-/m0/s1. The Kier molecular flexibility index (Phi) is 8.80. The Morgan fingerprint density at radius 1 is 0.944 bits per heavy atom. The van der Waals surface area contributed by atoms with E-state index < -0.39 is 35.5 Å². The first-order valence-corrected chi connectivity index (χ1v) is 12.5. The van der Waals surface area contributed by atoms with Gasteiger partial charge in [0.05, 0.1) is 25.3 Å². The minimum atomic E-state index is -1.12. The van der Waals surface area contributed by atoms with Crippen LogP contribution in [0.4, 0.5) is 4.79 Å². The Labute approximate surface area is 215 Å². The summed E-state index contributed by atoms with van der Waals surface area (Å²) in [6.45, 7) is 13.1. The number of amides is 1. The van der Waals surface area contributed by atoms with E-state index in [1.807, 2.05) is 77.9 Å². The van der Waals surface area contributed by atoms with Gasteiger partial charge in [-0.3, -0.25) is 9.80 Å². The molecular weight excluding hydrogens is 456 g/mol. The molecule has 1 fully saturated rings. The summed E-state index contributed by atoms with van der Waals surface area (Å²) in [5, 5.41) is 0. The zero-order valence-electron chi connectivity index (χ0n) is 22.6. The second-order valence-electron chi connectivity index (χ2n) is 10.8. The molecule has 2 aromatic carbocycles. The molecule has 1 aliphatic heterocycles. The number of carbonyl (C=O) groups excluding carboxylic acids is 2. The molecule has 0 aliphatic carbocycles. The van der Waals surface area contributed by atoms with Crippen molar-refractivity contribution in [2.45, 2.75) is 78.0 Å². The van der Waals surface area contributed by atoms with Crippen molar-refractivity contribution in [3.8, 4) is 0 Å². The molecule has 0 N–H and O–H groups in total. The third-order valence-corrected chi connectivity index (χ3v) is 6.64. The predicted molar refractivity (Wildman–Crippen MR) is 139 cm³/mol. The van der Waals surface area contributed by atoms with Gasteiger partial charge in [-0.2, -0.15) is 0 Å². The molecule has 1 amide bonds. The lowest BCUT2D eigenvalue weighted by Crippen LogP contribution is -2.57. The number of hydrogen-bond acceptors (Lipinski definition) is 6. The highest BCUT2D eigenvalue weighted by Crippen LogP contribution is 2.36. The number of carbonyl (C=O) groups is 2. The summed E-state index contributed by atoms with van der Waals surface area (Å²) >= 11 is 0. The van der Waals surface area contributed by atoms with Crippen LogP contribution >= 0.6 is 0 Å². The molecule has 3 rings (SSSR count). The average Bonchev–Trinajstić information content (AvgIpc) is 3.06. The number of methoxy groups -OCH3 is 1. The summed E-state index contributed by atoms with van der Waals surface area (Å²) in [5.41, 5.74) is 0.762. The van der Waals surface area contributed by atoms with Crippen LogP contribution in [0.25, 0.3) is 0 Å². The molecule has 1 aliphatic rings. The highest BCUT2D eigenvalue weighted by molar-refractivity contribution is 5.80. The maximum absolute atomic E-state index is 13.6. The fraction of sp³-hybridized carbons (Fsp3) is 0.517. The van der Waals surface area contributed by atoms with E-state index >= 15 is 0 Å². The van der Waals surface area contributed by atoms with Crippen LogP contribution in [-0.2, 0) is 32.1 Å². The van der Waals surface area contributed by atoms with Gasteiger partial charge in [-0.05, 0) is 44.7 Å². The van der Waals surface area contributed by atoms with Crippen molar-refractivity contribution in [2.75, 3.05) is 13.7 Å². The third kappa shape index (κ3) is 6.45. The van der Waals surface area contributed by atoms with Gasteiger partial charge in [0.1, 0.15) is 5.72 Å². The molecule has 0 aromatic heterocycles. The number of nitrogens with zero attached hydrogens (tertiary/aromatic N) is 2. The van der Waals surface area contributed by atoms with Gasteiger partial charge in [-0.25, -0.2) is 9.59 Å². The van der Waals surface area contributed by atoms with E-state index in [1.165, 1.54) is 7.11 Å². The van der Waals surface area contributed by atoms with Crippen molar-refractivity contribution >= 4 is 12.1 Å². The first kappa shape index (κ1) is 27.7. The fourth-order valence-electron chi connectivity index (χ4n) is 5.08. The summed E-state index contributed by atoms with van der Waals surface area (Å²) in [7, 11) is 1.33.